The van der Waals surface area contributed by atoms with E-state index in [1.807, 2.05) is 25.6 Å². The van der Waals surface area contributed by atoms with Crippen molar-refractivity contribution in [3.63, 3.8) is 0 Å². The zero-order valence-corrected chi connectivity index (χ0v) is 12.0. The Bertz CT molecular complexity index is 385. The Hall–Kier alpha value is -0.640. The number of hydrogen-bond donors (Lipinski definition) is 0. The van der Waals surface area contributed by atoms with Crippen LogP contribution in [0.5, 0.6) is 0 Å². The average molecular weight is 287 g/mol. The second-order valence-corrected chi connectivity index (χ2v) is 4.93. The summed E-state index contributed by atoms with van der Waals surface area (Å²) in [6.07, 6.45) is 2.25. The summed E-state index contributed by atoms with van der Waals surface area (Å²) in [5.41, 5.74) is 2.01. The van der Waals surface area contributed by atoms with E-state index >= 15 is 0 Å². The maximum atomic E-state index is 11.9. The SMILES string of the molecule is CCc1nn(C)c(CC(=O)C(C)CC)c1Br. The van der Waals surface area contributed by atoms with Gasteiger partial charge >= 0.3 is 0 Å². The van der Waals surface area contributed by atoms with Crippen LogP contribution in [0.3, 0.4) is 0 Å². The molecule has 90 valence electrons. The lowest BCUT2D eigenvalue weighted by molar-refractivity contribution is -0.121. The molecule has 0 aliphatic rings. The number of halogens is 1. The Morgan fingerprint density at radius 1 is 1.50 bits per heavy atom. The minimum atomic E-state index is 0.131. The first kappa shape index (κ1) is 13.4. The lowest BCUT2D eigenvalue weighted by atomic mass is 10.00. The molecule has 1 atom stereocenters. The van der Waals surface area contributed by atoms with Gasteiger partial charge in [0.25, 0.3) is 0 Å². The number of rotatable bonds is 5. The van der Waals surface area contributed by atoms with Crippen LogP contribution in [0, 0.1) is 5.92 Å². The van der Waals surface area contributed by atoms with Crippen molar-refractivity contribution in [3.05, 3.63) is 15.9 Å². The molecule has 0 aromatic carbocycles. The molecule has 16 heavy (non-hydrogen) atoms. The average Bonchev–Trinajstić information content (AvgIpc) is 2.55. The fraction of sp³-hybridized carbons (Fsp3) is 0.667. The summed E-state index contributed by atoms with van der Waals surface area (Å²) in [4.78, 5) is 11.9. The third-order valence-electron chi connectivity index (χ3n) is 3.01. The summed E-state index contributed by atoms with van der Waals surface area (Å²) >= 11 is 3.53. The van der Waals surface area contributed by atoms with Crippen molar-refractivity contribution in [2.75, 3.05) is 0 Å². The molecule has 0 fully saturated rings. The maximum Gasteiger partial charge on any atom is 0.141 e. The van der Waals surface area contributed by atoms with Gasteiger partial charge in [-0.2, -0.15) is 5.10 Å². The van der Waals surface area contributed by atoms with Crippen molar-refractivity contribution in [2.24, 2.45) is 13.0 Å². The first-order valence-electron chi connectivity index (χ1n) is 5.74. The summed E-state index contributed by atoms with van der Waals surface area (Å²) in [6.45, 7) is 6.08. The molecular formula is C12H19BrN2O. The Balaban J connectivity index is 2.89. The highest BCUT2D eigenvalue weighted by Gasteiger charge is 2.18. The molecule has 0 N–H and O–H groups in total. The van der Waals surface area contributed by atoms with Crippen LogP contribution >= 0.6 is 15.9 Å². The number of ketones is 1. The molecule has 0 bridgehead atoms. The largest absolute Gasteiger partial charge is 0.299 e. The monoisotopic (exact) mass is 286 g/mol. The second-order valence-electron chi connectivity index (χ2n) is 4.14. The number of carbonyl (C=O) groups is 1. The number of Topliss-reactive ketones (excluding diaryl/α,β-unsaturated/α-hetero) is 1. The van der Waals surface area contributed by atoms with Gasteiger partial charge in [0.1, 0.15) is 5.78 Å². The Morgan fingerprint density at radius 3 is 2.56 bits per heavy atom. The molecule has 3 nitrogen and oxygen atoms in total. The summed E-state index contributed by atoms with van der Waals surface area (Å²) in [6, 6.07) is 0. The summed E-state index contributed by atoms with van der Waals surface area (Å²) in [5.74, 6) is 0.417. The number of hydrogen-bond acceptors (Lipinski definition) is 2. The molecule has 1 rings (SSSR count). The second kappa shape index (κ2) is 5.62. The molecule has 1 aromatic heterocycles. The highest BCUT2D eigenvalue weighted by atomic mass is 79.9. The van der Waals surface area contributed by atoms with E-state index in [2.05, 4.69) is 28.0 Å². The van der Waals surface area contributed by atoms with Crippen molar-refractivity contribution in [2.45, 2.75) is 40.0 Å². The van der Waals surface area contributed by atoms with Gasteiger partial charge in [-0.05, 0) is 28.8 Å². The fourth-order valence-electron chi connectivity index (χ4n) is 1.58. The summed E-state index contributed by atoms with van der Waals surface area (Å²) < 4.78 is 2.80. The molecule has 1 heterocycles. The maximum absolute atomic E-state index is 11.9. The summed E-state index contributed by atoms with van der Waals surface area (Å²) in [5, 5.41) is 4.38. The van der Waals surface area contributed by atoms with E-state index in [1.165, 1.54) is 0 Å². The van der Waals surface area contributed by atoms with Gasteiger partial charge in [-0.1, -0.05) is 20.8 Å². The van der Waals surface area contributed by atoms with Crippen LogP contribution < -0.4 is 0 Å². The van der Waals surface area contributed by atoms with E-state index in [4.69, 9.17) is 0 Å². The van der Waals surface area contributed by atoms with Gasteiger partial charge in [0.15, 0.2) is 0 Å². The molecule has 0 aliphatic carbocycles. The molecule has 4 heteroatoms. The molecule has 1 unspecified atom stereocenters. The topological polar surface area (TPSA) is 34.9 Å². The van der Waals surface area contributed by atoms with Crippen LogP contribution in [-0.4, -0.2) is 15.6 Å². The molecule has 0 amide bonds. The van der Waals surface area contributed by atoms with Crippen molar-refractivity contribution in [1.82, 2.24) is 9.78 Å². The van der Waals surface area contributed by atoms with Gasteiger partial charge in [-0.3, -0.25) is 9.48 Å². The van der Waals surface area contributed by atoms with Gasteiger partial charge in [-0.15, -0.1) is 0 Å². The van der Waals surface area contributed by atoms with E-state index < -0.39 is 0 Å². The van der Waals surface area contributed by atoms with E-state index in [1.54, 1.807) is 0 Å². The van der Waals surface area contributed by atoms with Crippen molar-refractivity contribution in [3.8, 4) is 0 Å². The third kappa shape index (κ3) is 2.73. The van der Waals surface area contributed by atoms with Crippen LogP contribution in [-0.2, 0) is 24.7 Å². The molecule has 0 spiro atoms. The molecule has 0 aliphatic heterocycles. The number of nitrogens with zero attached hydrogens (tertiary/aromatic N) is 2. The van der Waals surface area contributed by atoms with E-state index in [0.717, 1.165) is 28.7 Å². The van der Waals surface area contributed by atoms with Crippen LogP contribution in [0.1, 0.15) is 38.6 Å². The minimum Gasteiger partial charge on any atom is -0.299 e. The zero-order chi connectivity index (χ0) is 12.3. The van der Waals surface area contributed by atoms with Crippen molar-refractivity contribution >= 4 is 21.7 Å². The first-order valence-corrected chi connectivity index (χ1v) is 6.53. The standard InChI is InChI=1S/C12H19BrN2O/c1-5-8(3)11(16)7-10-12(13)9(6-2)14-15(10)4/h8H,5-7H2,1-4H3. The molecule has 1 aromatic rings. The van der Waals surface area contributed by atoms with Gasteiger partial charge in [0.05, 0.1) is 15.9 Å². The van der Waals surface area contributed by atoms with Gasteiger partial charge in [0, 0.05) is 19.4 Å². The highest BCUT2D eigenvalue weighted by molar-refractivity contribution is 9.10. The van der Waals surface area contributed by atoms with Gasteiger partial charge < -0.3 is 0 Å². The van der Waals surface area contributed by atoms with Gasteiger partial charge in [-0.25, -0.2) is 0 Å². The zero-order valence-electron chi connectivity index (χ0n) is 10.4. The Kier molecular flexibility index (Phi) is 4.71. The van der Waals surface area contributed by atoms with E-state index in [9.17, 15) is 4.79 Å². The van der Waals surface area contributed by atoms with E-state index in [0.29, 0.717) is 6.42 Å². The number of aryl methyl sites for hydroxylation is 2. The van der Waals surface area contributed by atoms with Crippen LogP contribution in [0.4, 0.5) is 0 Å². The number of aromatic nitrogens is 2. The molecular weight excluding hydrogens is 268 g/mol. The Morgan fingerprint density at radius 2 is 2.12 bits per heavy atom. The fourth-order valence-corrected chi connectivity index (χ4v) is 2.34. The number of carbonyl (C=O) groups excluding carboxylic acids is 1. The highest BCUT2D eigenvalue weighted by Crippen LogP contribution is 2.23. The van der Waals surface area contributed by atoms with Gasteiger partial charge in [0.2, 0.25) is 0 Å². The molecule has 0 saturated carbocycles. The normalized spacial score (nSPS) is 12.8. The Labute approximate surface area is 105 Å². The van der Waals surface area contributed by atoms with Crippen molar-refractivity contribution in [1.29, 1.82) is 0 Å². The molecule has 0 saturated heterocycles. The van der Waals surface area contributed by atoms with E-state index in [-0.39, 0.29) is 11.7 Å². The lowest BCUT2D eigenvalue weighted by Gasteiger charge is -2.07. The minimum absolute atomic E-state index is 0.131. The van der Waals surface area contributed by atoms with Crippen LogP contribution in [0.15, 0.2) is 4.47 Å². The molecule has 0 radical (unpaired) electrons. The summed E-state index contributed by atoms with van der Waals surface area (Å²) in [7, 11) is 1.89. The first-order chi connectivity index (χ1) is 7.51. The quantitative estimate of drug-likeness (QED) is 0.834. The van der Waals surface area contributed by atoms with Crippen molar-refractivity contribution < 1.29 is 4.79 Å². The third-order valence-corrected chi connectivity index (χ3v) is 3.92. The predicted molar refractivity (Wildman–Crippen MR) is 68.5 cm³/mol. The lowest BCUT2D eigenvalue weighted by Crippen LogP contribution is -2.15. The smallest absolute Gasteiger partial charge is 0.141 e. The predicted octanol–water partition coefficient (Wildman–Crippen LogP) is 2.90. The van der Waals surface area contributed by atoms with Crippen LogP contribution in [0.25, 0.3) is 0 Å². The van der Waals surface area contributed by atoms with Crippen LogP contribution in [0.2, 0.25) is 0 Å².